The van der Waals surface area contributed by atoms with E-state index in [0.717, 1.165) is 11.3 Å². The van der Waals surface area contributed by atoms with Crippen LogP contribution in [0.5, 0.6) is 0 Å². The summed E-state index contributed by atoms with van der Waals surface area (Å²) >= 11 is 0. The summed E-state index contributed by atoms with van der Waals surface area (Å²) in [6, 6.07) is 7.98. The molecule has 1 aliphatic rings. The summed E-state index contributed by atoms with van der Waals surface area (Å²) in [6.45, 7) is 5.83. The number of aryl methyl sites for hydroxylation is 1. The summed E-state index contributed by atoms with van der Waals surface area (Å²) in [5.41, 5.74) is 2.82. The van der Waals surface area contributed by atoms with Crippen molar-refractivity contribution in [3.8, 4) is 11.5 Å². The third-order valence-corrected chi connectivity index (χ3v) is 4.60. The quantitative estimate of drug-likeness (QED) is 0.422. The molecule has 1 aromatic carbocycles. The number of piperidine rings is 1. The Hall–Kier alpha value is -3.16. The second kappa shape index (κ2) is 9.86. The first-order valence-corrected chi connectivity index (χ1v) is 9.93. The summed E-state index contributed by atoms with van der Waals surface area (Å²) in [6.07, 6.45) is 3.13. The monoisotopic (exact) mass is 397 g/mol. The maximum Gasteiger partial charge on any atom is 0.229 e. The zero-order chi connectivity index (χ0) is 20.6. The molecule has 0 atom stereocenters. The predicted octanol–water partition coefficient (Wildman–Crippen LogP) is 2.24. The number of guanidine groups is 1. The topological polar surface area (TPSA) is 99.8 Å². The van der Waals surface area contributed by atoms with Gasteiger partial charge in [-0.15, -0.1) is 0 Å². The van der Waals surface area contributed by atoms with Crippen molar-refractivity contribution in [2.24, 2.45) is 4.99 Å². The smallest absolute Gasteiger partial charge is 0.229 e. The third kappa shape index (κ3) is 5.66. The molecule has 1 aromatic heterocycles. The maximum atomic E-state index is 11.9. The van der Waals surface area contributed by atoms with E-state index in [4.69, 9.17) is 4.42 Å². The van der Waals surface area contributed by atoms with Gasteiger partial charge in [0.05, 0.1) is 6.54 Å². The Balaban J connectivity index is 1.55. The number of amides is 2. The molecular weight excluding hydrogens is 370 g/mol. The lowest BCUT2D eigenvalue weighted by Crippen LogP contribution is -2.46. The Bertz CT molecular complexity index is 857. The highest BCUT2D eigenvalue weighted by atomic mass is 16.3. The molecule has 29 heavy (non-hydrogen) atoms. The molecule has 3 rings (SSSR count). The van der Waals surface area contributed by atoms with Gasteiger partial charge in [-0.2, -0.15) is 0 Å². The SMILES string of the molecule is CCNC(=NCc1coc(-c2ccc(C)cc2)n1)NCCN1C(=O)CCCC1=O. The Labute approximate surface area is 170 Å². The highest BCUT2D eigenvalue weighted by molar-refractivity contribution is 5.97. The second-order valence-corrected chi connectivity index (χ2v) is 6.92. The van der Waals surface area contributed by atoms with Gasteiger partial charge in [-0.05, 0) is 32.4 Å². The summed E-state index contributed by atoms with van der Waals surface area (Å²) < 4.78 is 5.56. The first kappa shape index (κ1) is 20.6. The molecule has 1 aliphatic heterocycles. The lowest BCUT2D eigenvalue weighted by atomic mass is 10.1. The Morgan fingerprint density at radius 1 is 1.17 bits per heavy atom. The average Bonchev–Trinajstić information content (AvgIpc) is 3.18. The van der Waals surface area contributed by atoms with Crippen molar-refractivity contribution in [2.45, 2.75) is 39.7 Å². The van der Waals surface area contributed by atoms with Gasteiger partial charge in [-0.25, -0.2) is 9.98 Å². The van der Waals surface area contributed by atoms with Crippen LogP contribution in [0.4, 0.5) is 0 Å². The van der Waals surface area contributed by atoms with Crippen molar-refractivity contribution in [1.29, 1.82) is 0 Å². The van der Waals surface area contributed by atoms with Crippen LogP contribution in [0.2, 0.25) is 0 Å². The minimum atomic E-state index is -0.101. The van der Waals surface area contributed by atoms with Crippen molar-refractivity contribution in [1.82, 2.24) is 20.5 Å². The van der Waals surface area contributed by atoms with Crippen LogP contribution in [-0.4, -0.2) is 47.3 Å². The van der Waals surface area contributed by atoms with Gasteiger partial charge in [0.2, 0.25) is 17.7 Å². The van der Waals surface area contributed by atoms with Gasteiger partial charge >= 0.3 is 0 Å². The predicted molar refractivity (Wildman–Crippen MR) is 110 cm³/mol. The third-order valence-electron chi connectivity index (χ3n) is 4.60. The van der Waals surface area contributed by atoms with E-state index in [1.54, 1.807) is 6.26 Å². The Morgan fingerprint density at radius 3 is 2.59 bits per heavy atom. The van der Waals surface area contributed by atoms with E-state index < -0.39 is 0 Å². The Kier molecular flexibility index (Phi) is 6.99. The lowest BCUT2D eigenvalue weighted by Gasteiger charge is -2.25. The number of likely N-dealkylation sites (tertiary alicyclic amines) is 1. The van der Waals surface area contributed by atoms with Gasteiger partial charge in [0.1, 0.15) is 12.0 Å². The van der Waals surface area contributed by atoms with E-state index in [1.807, 2.05) is 38.1 Å². The van der Waals surface area contributed by atoms with Crippen LogP contribution in [0, 0.1) is 6.92 Å². The van der Waals surface area contributed by atoms with Crippen LogP contribution in [0.25, 0.3) is 11.5 Å². The number of aliphatic imine (C=N–C) groups is 1. The molecule has 1 saturated heterocycles. The highest BCUT2D eigenvalue weighted by Crippen LogP contribution is 2.19. The standard InChI is InChI=1S/C21H27N5O3/c1-3-22-21(23-11-12-26-18(27)5-4-6-19(26)28)24-13-17-14-29-20(25-17)16-9-7-15(2)8-10-16/h7-10,14H,3-6,11-13H2,1-2H3,(H2,22,23,24). The fourth-order valence-corrected chi connectivity index (χ4v) is 3.05. The van der Waals surface area contributed by atoms with Crippen LogP contribution in [0.1, 0.15) is 37.4 Å². The van der Waals surface area contributed by atoms with Gasteiger partial charge in [0.15, 0.2) is 5.96 Å². The molecule has 2 N–H and O–H groups in total. The summed E-state index contributed by atoms with van der Waals surface area (Å²) in [4.78, 5) is 34.1. The normalized spacial score (nSPS) is 15.0. The average molecular weight is 397 g/mol. The Morgan fingerprint density at radius 2 is 1.90 bits per heavy atom. The number of rotatable bonds is 7. The van der Waals surface area contributed by atoms with Crippen molar-refractivity contribution < 1.29 is 14.0 Å². The molecule has 8 heteroatoms. The van der Waals surface area contributed by atoms with E-state index in [9.17, 15) is 9.59 Å². The maximum absolute atomic E-state index is 11.9. The van der Waals surface area contributed by atoms with Gasteiger partial charge in [-0.3, -0.25) is 14.5 Å². The molecule has 0 bridgehead atoms. The van der Waals surface area contributed by atoms with Gasteiger partial charge in [-0.1, -0.05) is 17.7 Å². The summed E-state index contributed by atoms with van der Waals surface area (Å²) in [5.74, 6) is 0.965. The first-order chi connectivity index (χ1) is 14.1. The molecule has 2 aromatic rings. The molecule has 0 spiro atoms. The van der Waals surface area contributed by atoms with Crippen LogP contribution in [0.3, 0.4) is 0 Å². The van der Waals surface area contributed by atoms with E-state index in [0.29, 0.717) is 57.3 Å². The van der Waals surface area contributed by atoms with Crippen LogP contribution in [-0.2, 0) is 16.1 Å². The number of imide groups is 1. The van der Waals surface area contributed by atoms with E-state index >= 15 is 0 Å². The van der Waals surface area contributed by atoms with E-state index in [1.165, 1.54) is 10.5 Å². The van der Waals surface area contributed by atoms with Gasteiger partial charge in [0.25, 0.3) is 0 Å². The van der Waals surface area contributed by atoms with Crippen LogP contribution in [0.15, 0.2) is 39.9 Å². The fraction of sp³-hybridized carbons (Fsp3) is 0.429. The van der Waals surface area contributed by atoms with E-state index in [2.05, 4.69) is 20.6 Å². The molecule has 2 heterocycles. The molecule has 0 aliphatic carbocycles. The van der Waals surface area contributed by atoms with Gasteiger partial charge in [0, 0.05) is 38.0 Å². The zero-order valence-corrected chi connectivity index (χ0v) is 16.9. The van der Waals surface area contributed by atoms with E-state index in [-0.39, 0.29) is 11.8 Å². The van der Waals surface area contributed by atoms with Crippen LogP contribution < -0.4 is 10.6 Å². The minimum absolute atomic E-state index is 0.101. The molecule has 8 nitrogen and oxygen atoms in total. The second-order valence-electron chi connectivity index (χ2n) is 6.92. The molecule has 154 valence electrons. The molecule has 2 amide bonds. The fourth-order valence-electron chi connectivity index (χ4n) is 3.05. The highest BCUT2D eigenvalue weighted by Gasteiger charge is 2.25. The lowest BCUT2D eigenvalue weighted by molar-refractivity contribution is -0.147. The number of nitrogens with one attached hydrogen (secondary N) is 2. The first-order valence-electron chi connectivity index (χ1n) is 9.93. The largest absolute Gasteiger partial charge is 0.444 e. The number of carbonyl (C=O) groups excluding carboxylic acids is 2. The molecule has 0 unspecified atom stereocenters. The number of benzene rings is 1. The van der Waals surface area contributed by atoms with Crippen molar-refractivity contribution in [2.75, 3.05) is 19.6 Å². The minimum Gasteiger partial charge on any atom is -0.444 e. The van der Waals surface area contributed by atoms with Gasteiger partial charge < -0.3 is 15.1 Å². The molecule has 0 radical (unpaired) electrons. The number of oxazole rings is 1. The van der Waals surface area contributed by atoms with Crippen molar-refractivity contribution >= 4 is 17.8 Å². The molecule has 0 saturated carbocycles. The molecular formula is C21H27N5O3. The summed E-state index contributed by atoms with van der Waals surface area (Å²) in [5, 5.41) is 6.31. The number of aromatic nitrogens is 1. The zero-order valence-electron chi connectivity index (χ0n) is 16.9. The molecule has 1 fully saturated rings. The number of nitrogens with zero attached hydrogens (tertiary/aromatic N) is 3. The van der Waals surface area contributed by atoms with Crippen molar-refractivity contribution in [3.63, 3.8) is 0 Å². The number of hydrogen-bond donors (Lipinski definition) is 2. The number of carbonyl (C=O) groups is 2. The summed E-state index contributed by atoms with van der Waals surface area (Å²) in [7, 11) is 0. The van der Waals surface area contributed by atoms with Crippen LogP contribution >= 0.6 is 0 Å². The number of hydrogen-bond acceptors (Lipinski definition) is 5. The van der Waals surface area contributed by atoms with Crippen molar-refractivity contribution in [3.05, 3.63) is 41.8 Å².